The Morgan fingerprint density at radius 3 is 2.88 bits per heavy atom. The van der Waals surface area contributed by atoms with E-state index in [1.807, 2.05) is 0 Å². The first-order valence-corrected chi connectivity index (χ1v) is 13.1. The third-order valence-corrected chi connectivity index (χ3v) is 7.21. The number of carbonyl (C=O) groups excluding carboxylic acids is 2. The predicted octanol–water partition coefficient (Wildman–Crippen LogP) is 6.63. The summed E-state index contributed by atoms with van der Waals surface area (Å²) in [7, 11) is 0. The van der Waals surface area contributed by atoms with Gasteiger partial charge in [0.25, 0.3) is 0 Å². The molecule has 40 heavy (non-hydrogen) atoms. The number of hydrogen-bond donors (Lipinski definition) is 3. The molecule has 1 aromatic carbocycles. The van der Waals surface area contributed by atoms with Crippen LogP contribution in [0.4, 0.5) is 23.7 Å². The molecule has 0 amide bonds. The zero-order valence-corrected chi connectivity index (χ0v) is 21.6. The Labute approximate surface area is 228 Å². The van der Waals surface area contributed by atoms with Gasteiger partial charge in [-0.2, -0.15) is 0 Å². The second-order valence-corrected chi connectivity index (χ2v) is 9.98. The van der Waals surface area contributed by atoms with Crippen LogP contribution in [-0.2, 0) is 9.53 Å². The number of ether oxygens (including phenoxy) is 3. The lowest BCUT2D eigenvalue weighted by molar-refractivity contribution is -0.274. The lowest BCUT2D eigenvalue weighted by atomic mass is 9.79. The number of hydrogen-bond acceptors (Lipinski definition) is 9. The van der Waals surface area contributed by atoms with E-state index >= 15 is 0 Å². The molecule has 14 heteroatoms. The lowest BCUT2D eigenvalue weighted by Crippen LogP contribution is -2.26. The van der Waals surface area contributed by atoms with Gasteiger partial charge in [0.05, 0.1) is 23.6 Å². The van der Waals surface area contributed by atoms with Gasteiger partial charge >= 0.3 is 12.5 Å². The van der Waals surface area contributed by atoms with Crippen molar-refractivity contribution in [3.05, 3.63) is 59.1 Å². The first kappa shape index (κ1) is 25.9. The number of anilines is 1. The van der Waals surface area contributed by atoms with Crippen LogP contribution in [0.3, 0.4) is 0 Å². The van der Waals surface area contributed by atoms with Crippen molar-refractivity contribution >= 4 is 40.4 Å². The number of carbonyl (C=O) groups is 2. The number of H-pyrrole nitrogens is 2. The highest BCUT2D eigenvalue weighted by Crippen LogP contribution is 2.49. The number of nitrogens with one attached hydrogen (secondary N) is 3. The Kier molecular flexibility index (Phi) is 6.49. The Bertz CT molecular complexity index is 1650. The highest BCUT2D eigenvalue weighted by atomic mass is 32.2. The van der Waals surface area contributed by atoms with Crippen molar-refractivity contribution in [2.45, 2.75) is 48.7 Å². The Hall–Kier alpha value is -4.33. The second-order valence-electron chi connectivity index (χ2n) is 8.99. The fourth-order valence-corrected chi connectivity index (χ4v) is 5.63. The summed E-state index contributed by atoms with van der Waals surface area (Å²) in [5.41, 5.74) is 3.33. The maximum atomic E-state index is 13.0. The standard InChI is InChI=1S/C26H21F3N4O6S/c1-2-36-25(35)38-23-22-13(11-30-23)20(21-15(31-22)4-3-5-17(21)34)18-8-9-19(37-18)40-24-32-14-7-6-12(10-16(14)33-24)39-26(27,28)29/h6-11,20,30-31H,2-5H2,1H3,(H,32,33). The number of ketones is 1. The molecule has 0 bridgehead atoms. The van der Waals surface area contributed by atoms with Gasteiger partial charge in [-0.1, -0.05) is 0 Å². The fraction of sp³-hybridized carbons (Fsp3) is 0.269. The van der Waals surface area contributed by atoms with E-state index in [-0.39, 0.29) is 24.0 Å². The molecule has 4 aromatic rings. The number of Topliss-reactive ketones (excluding diaryl/α,β-unsaturated/α-hetero) is 1. The van der Waals surface area contributed by atoms with Crippen LogP contribution < -0.4 is 14.8 Å². The predicted molar refractivity (Wildman–Crippen MR) is 135 cm³/mol. The van der Waals surface area contributed by atoms with Gasteiger partial charge in [0.1, 0.15) is 17.2 Å². The van der Waals surface area contributed by atoms with Crippen molar-refractivity contribution in [2.75, 3.05) is 11.9 Å². The molecule has 3 aromatic heterocycles. The monoisotopic (exact) mass is 574 g/mol. The van der Waals surface area contributed by atoms with Gasteiger partial charge in [-0.3, -0.25) is 4.79 Å². The van der Waals surface area contributed by atoms with Gasteiger partial charge < -0.3 is 33.9 Å². The summed E-state index contributed by atoms with van der Waals surface area (Å²) < 4.78 is 58.1. The van der Waals surface area contributed by atoms with Crippen molar-refractivity contribution in [1.29, 1.82) is 0 Å². The van der Waals surface area contributed by atoms with Crippen LogP contribution in [0.1, 0.15) is 43.4 Å². The maximum absolute atomic E-state index is 13.0. The molecule has 1 unspecified atom stereocenters. The molecular weight excluding hydrogens is 553 g/mol. The molecule has 0 fully saturated rings. The van der Waals surface area contributed by atoms with Gasteiger partial charge in [-0.05, 0) is 55.8 Å². The first-order chi connectivity index (χ1) is 19.2. The summed E-state index contributed by atoms with van der Waals surface area (Å²) in [5, 5.41) is 4.10. The van der Waals surface area contributed by atoms with Crippen LogP contribution in [0.5, 0.6) is 11.6 Å². The van der Waals surface area contributed by atoms with Crippen molar-refractivity contribution < 1.29 is 41.4 Å². The van der Waals surface area contributed by atoms with Crippen LogP contribution in [0.25, 0.3) is 11.0 Å². The molecule has 6 rings (SSSR count). The Morgan fingerprint density at radius 1 is 1.23 bits per heavy atom. The zero-order valence-electron chi connectivity index (χ0n) is 20.8. The molecule has 0 saturated heterocycles. The minimum absolute atomic E-state index is 0.00164. The van der Waals surface area contributed by atoms with E-state index in [1.54, 1.807) is 25.3 Å². The van der Waals surface area contributed by atoms with Crippen molar-refractivity contribution in [1.82, 2.24) is 15.0 Å². The smallest absolute Gasteiger partial charge is 0.453 e. The number of alkyl halides is 3. The number of allylic oxidation sites excluding steroid dienone is 2. The summed E-state index contributed by atoms with van der Waals surface area (Å²) in [4.78, 5) is 35.3. The number of nitrogens with zero attached hydrogens (tertiary/aromatic N) is 1. The van der Waals surface area contributed by atoms with E-state index < -0.39 is 18.4 Å². The molecule has 3 N–H and O–H groups in total. The third-order valence-electron chi connectivity index (χ3n) is 6.40. The largest absolute Gasteiger partial charge is 0.573 e. The minimum Gasteiger partial charge on any atom is -0.453 e. The molecule has 1 aliphatic heterocycles. The van der Waals surface area contributed by atoms with E-state index in [0.29, 0.717) is 63.1 Å². The average Bonchev–Trinajstić information content (AvgIpc) is 3.61. The van der Waals surface area contributed by atoms with E-state index in [2.05, 4.69) is 25.0 Å². The number of fused-ring (bicyclic) bond motifs is 2. The Balaban J connectivity index is 1.30. The molecular formula is C26H21F3N4O6S. The zero-order chi connectivity index (χ0) is 28.0. The Morgan fingerprint density at radius 2 is 2.08 bits per heavy atom. The normalized spacial score (nSPS) is 16.9. The quantitative estimate of drug-likeness (QED) is 0.217. The highest BCUT2D eigenvalue weighted by molar-refractivity contribution is 7.99. The molecule has 208 valence electrons. The minimum atomic E-state index is -4.80. The van der Waals surface area contributed by atoms with Gasteiger partial charge in [0, 0.05) is 35.5 Å². The molecule has 4 heterocycles. The molecule has 0 spiro atoms. The molecule has 1 atom stereocenters. The first-order valence-electron chi connectivity index (χ1n) is 12.3. The number of aromatic nitrogens is 3. The maximum Gasteiger partial charge on any atom is 0.573 e. The fourth-order valence-electron chi connectivity index (χ4n) is 4.86. The number of halogens is 3. The topological polar surface area (TPSA) is 131 Å². The van der Waals surface area contributed by atoms with E-state index in [9.17, 15) is 22.8 Å². The number of benzene rings is 1. The number of imidazole rings is 1. The third kappa shape index (κ3) is 5.01. The lowest BCUT2D eigenvalue weighted by Gasteiger charge is -2.31. The molecule has 0 radical (unpaired) electrons. The van der Waals surface area contributed by atoms with E-state index in [4.69, 9.17) is 13.9 Å². The molecule has 2 aliphatic rings. The SMILES string of the molecule is CCOC(=O)Oc1[nH]cc2c1NC1=C(C(=O)CCC1)C2c1ccc(Sc2nc3cc(OC(F)(F)F)ccc3[nH]2)o1. The molecule has 1 aliphatic carbocycles. The van der Waals surface area contributed by atoms with Crippen molar-refractivity contribution in [2.24, 2.45) is 0 Å². The van der Waals surface area contributed by atoms with E-state index in [1.165, 1.54) is 18.2 Å². The summed E-state index contributed by atoms with van der Waals surface area (Å²) in [5.74, 6) is -0.267. The molecule has 10 nitrogen and oxygen atoms in total. The summed E-state index contributed by atoms with van der Waals surface area (Å²) in [6.07, 6.45) is -2.27. The molecule has 0 saturated carbocycles. The van der Waals surface area contributed by atoms with Crippen molar-refractivity contribution in [3.8, 4) is 11.6 Å². The van der Waals surface area contributed by atoms with Gasteiger partial charge in [-0.15, -0.1) is 13.2 Å². The number of aromatic amines is 2. The van der Waals surface area contributed by atoms with Crippen LogP contribution in [0, 0.1) is 0 Å². The second kappa shape index (κ2) is 10.0. The van der Waals surface area contributed by atoms with E-state index in [0.717, 1.165) is 17.5 Å². The van der Waals surface area contributed by atoms with Gasteiger partial charge in [-0.25, -0.2) is 9.78 Å². The van der Waals surface area contributed by atoms with Crippen LogP contribution >= 0.6 is 11.8 Å². The van der Waals surface area contributed by atoms with Crippen LogP contribution in [0.2, 0.25) is 0 Å². The average molecular weight is 575 g/mol. The highest BCUT2D eigenvalue weighted by Gasteiger charge is 2.39. The summed E-state index contributed by atoms with van der Waals surface area (Å²) >= 11 is 1.14. The summed E-state index contributed by atoms with van der Waals surface area (Å²) in [6, 6.07) is 7.32. The van der Waals surface area contributed by atoms with Crippen LogP contribution in [-0.4, -0.2) is 39.9 Å². The van der Waals surface area contributed by atoms with Gasteiger partial charge in [0.15, 0.2) is 16.0 Å². The summed E-state index contributed by atoms with van der Waals surface area (Å²) in [6.45, 7) is 1.82. The van der Waals surface area contributed by atoms with Gasteiger partial charge in [0.2, 0.25) is 5.88 Å². The van der Waals surface area contributed by atoms with Crippen molar-refractivity contribution in [3.63, 3.8) is 0 Å². The van der Waals surface area contributed by atoms with Crippen LogP contribution in [0.15, 0.2) is 62.5 Å². The number of rotatable bonds is 6. The number of furan rings is 1.